The highest BCUT2D eigenvalue weighted by Crippen LogP contribution is 1.99. The van der Waals surface area contributed by atoms with E-state index in [2.05, 4.69) is 0 Å². The van der Waals surface area contributed by atoms with Crippen molar-refractivity contribution in [3.63, 3.8) is 0 Å². The van der Waals surface area contributed by atoms with Crippen LogP contribution in [0.1, 0.15) is 33.1 Å². The summed E-state index contributed by atoms with van der Waals surface area (Å²) in [5, 5.41) is 8.41. The third-order valence-electron chi connectivity index (χ3n) is 1.37. The maximum Gasteiger partial charge on any atom is 0.135 e. The first-order valence-electron chi connectivity index (χ1n) is 3.92. The molecule has 11 heavy (non-hydrogen) atoms. The molecule has 1 N–H and O–H groups in total. The molecule has 0 atom stereocenters. The summed E-state index contributed by atoms with van der Waals surface area (Å²) in [6, 6.07) is 0. The van der Waals surface area contributed by atoms with Crippen LogP contribution in [0.5, 0.6) is 0 Å². The van der Waals surface area contributed by atoms with E-state index in [1.807, 2.05) is 19.9 Å². The lowest BCUT2D eigenvalue weighted by molar-refractivity contribution is -0.119. The standard InChI is InChI=1S/C9H16O2/c1-8(2)4-3-5-9(11)6-7-10/h4,10H,3,5-7H2,1-2H3. The van der Waals surface area contributed by atoms with Gasteiger partial charge in [0.25, 0.3) is 0 Å². The molecule has 0 rings (SSSR count). The van der Waals surface area contributed by atoms with E-state index in [0.29, 0.717) is 12.8 Å². The Labute approximate surface area is 67.9 Å². The van der Waals surface area contributed by atoms with E-state index in [1.165, 1.54) is 5.57 Å². The zero-order valence-electron chi connectivity index (χ0n) is 7.26. The molecule has 0 radical (unpaired) electrons. The second-order valence-corrected chi connectivity index (χ2v) is 2.83. The van der Waals surface area contributed by atoms with Gasteiger partial charge in [0.05, 0.1) is 0 Å². The molecular weight excluding hydrogens is 140 g/mol. The van der Waals surface area contributed by atoms with Crippen molar-refractivity contribution < 1.29 is 9.90 Å². The van der Waals surface area contributed by atoms with E-state index in [4.69, 9.17) is 5.11 Å². The molecule has 2 nitrogen and oxygen atoms in total. The van der Waals surface area contributed by atoms with Crippen molar-refractivity contribution in [2.75, 3.05) is 6.61 Å². The van der Waals surface area contributed by atoms with Gasteiger partial charge in [-0.2, -0.15) is 0 Å². The van der Waals surface area contributed by atoms with E-state index < -0.39 is 0 Å². The number of hydrogen-bond donors (Lipinski definition) is 1. The van der Waals surface area contributed by atoms with Gasteiger partial charge < -0.3 is 5.11 Å². The number of aliphatic hydroxyl groups excluding tert-OH is 1. The predicted octanol–water partition coefficient (Wildman–Crippen LogP) is 1.68. The van der Waals surface area contributed by atoms with E-state index in [1.54, 1.807) is 0 Å². The van der Waals surface area contributed by atoms with Crippen LogP contribution in [-0.2, 0) is 4.79 Å². The van der Waals surface area contributed by atoms with Crippen molar-refractivity contribution in [2.24, 2.45) is 0 Å². The smallest absolute Gasteiger partial charge is 0.135 e. The van der Waals surface area contributed by atoms with E-state index >= 15 is 0 Å². The third kappa shape index (κ3) is 7.26. The SMILES string of the molecule is CC(C)=CCCC(=O)CCO. The molecule has 64 valence electrons. The van der Waals surface area contributed by atoms with Crippen LogP contribution in [0, 0.1) is 0 Å². The van der Waals surface area contributed by atoms with Crippen LogP contribution < -0.4 is 0 Å². The molecule has 0 aromatic heterocycles. The van der Waals surface area contributed by atoms with Gasteiger partial charge in [0, 0.05) is 19.4 Å². The summed E-state index contributed by atoms with van der Waals surface area (Å²) in [7, 11) is 0. The fourth-order valence-corrected chi connectivity index (χ4v) is 0.772. The number of carbonyl (C=O) groups excluding carboxylic acids is 1. The highest BCUT2D eigenvalue weighted by atomic mass is 16.3. The van der Waals surface area contributed by atoms with E-state index in [-0.39, 0.29) is 12.4 Å². The van der Waals surface area contributed by atoms with Gasteiger partial charge in [-0.1, -0.05) is 11.6 Å². The lowest BCUT2D eigenvalue weighted by atomic mass is 10.1. The zero-order chi connectivity index (χ0) is 8.69. The molecule has 0 bridgehead atoms. The van der Waals surface area contributed by atoms with Crippen molar-refractivity contribution in [1.29, 1.82) is 0 Å². The van der Waals surface area contributed by atoms with Gasteiger partial charge in [-0.05, 0) is 20.3 Å². The number of carbonyl (C=O) groups is 1. The van der Waals surface area contributed by atoms with E-state index in [0.717, 1.165) is 6.42 Å². The first-order valence-corrected chi connectivity index (χ1v) is 3.92. The summed E-state index contributed by atoms with van der Waals surface area (Å²) < 4.78 is 0. The van der Waals surface area contributed by atoms with Crippen LogP contribution in [0.2, 0.25) is 0 Å². The Hall–Kier alpha value is -0.630. The van der Waals surface area contributed by atoms with Crippen molar-refractivity contribution in [1.82, 2.24) is 0 Å². The lowest BCUT2D eigenvalue weighted by Gasteiger charge is -1.94. The first kappa shape index (κ1) is 10.4. The van der Waals surface area contributed by atoms with Gasteiger partial charge in [-0.15, -0.1) is 0 Å². The fourth-order valence-electron chi connectivity index (χ4n) is 0.772. The number of rotatable bonds is 5. The quantitative estimate of drug-likeness (QED) is 0.615. The molecule has 0 aliphatic carbocycles. The first-order chi connectivity index (χ1) is 5.16. The minimum atomic E-state index is -0.0202. The maximum absolute atomic E-state index is 10.8. The van der Waals surface area contributed by atoms with Gasteiger partial charge in [-0.25, -0.2) is 0 Å². The second-order valence-electron chi connectivity index (χ2n) is 2.83. The highest BCUT2D eigenvalue weighted by Gasteiger charge is 1.97. The Balaban J connectivity index is 3.39. The number of allylic oxidation sites excluding steroid dienone is 2. The number of hydrogen-bond acceptors (Lipinski definition) is 2. The molecule has 0 fully saturated rings. The molecule has 0 aromatic carbocycles. The average Bonchev–Trinajstić information content (AvgIpc) is 1.87. The van der Waals surface area contributed by atoms with Gasteiger partial charge in [-0.3, -0.25) is 4.79 Å². The number of ketones is 1. The summed E-state index contributed by atoms with van der Waals surface area (Å²) in [6.07, 6.45) is 3.71. The van der Waals surface area contributed by atoms with Crippen molar-refractivity contribution in [3.8, 4) is 0 Å². The summed E-state index contributed by atoms with van der Waals surface area (Å²) in [6.45, 7) is 4.00. The molecule has 0 saturated carbocycles. The Kier molecular flexibility index (Phi) is 5.75. The average molecular weight is 156 g/mol. The molecule has 0 amide bonds. The summed E-state index contributed by atoms with van der Waals surface area (Å²) in [4.78, 5) is 10.8. The minimum Gasteiger partial charge on any atom is -0.396 e. The molecule has 0 aliphatic rings. The predicted molar refractivity (Wildman–Crippen MR) is 45.4 cm³/mol. The second kappa shape index (κ2) is 6.10. The highest BCUT2D eigenvalue weighted by molar-refractivity contribution is 5.78. The molecule has 0 spiro atoms. The van der Waals surface area contributed by atoms with Gasteiger partial charge in [0.1, 0.15) is 5.78 Å². The largest absolute Gasteiger partial charge is 0.396 e. The maximum atomic E-state index is 10.8. The molecule has 0 aromatic rings. The van der Waals surface area contributed by atoms with Gasteiger partial charge >= 0.3 is 0 Å². The van der Waals surface area contributed by atoms with Gasteiger partial charge in [0.15, 0.2) is 0 Å². The minimum absolute atomic E-state index is 0.0202. The Morgan fingerprint density at radius 2 is 2.00 bits per heavy atom. The molecule has 0 aliphatic heterocycles. The normalized spacial score (nSPS) is 9.36. The Bertz CT molecular complexity index is 144. The number of aliphatic hydroxyl groups is 1. The molecule has 0 heterocycles. The molecule has 0 unspecified atom stereocenters. The lowest BCUT2D eigenvalue weighted by Crippen LogP contribution is -1.99. The summed E-state index contributed by atoms with van der Waals surface area (Å²) >= 11 is 0. The molecular formula is C9H16O2. The Morgan fingerprint density at radius 3 is 2.45 bits per heavy atom. The zero-order valence-corrected chi connectivity index (χ0v) is 7.26. The Morgan fingerprint density at radius 1 is 1.36 bits per heavy atom. The number of Topliss-reactive ketones (excluding diaryl/α,β-unsaturated/α-hetero) is 1. The van der Waals surface area contributed by atoms with Crippen molar-refractivity contribution >= 4 is 5.78 Å². The molecule has 2 heteroatoms. The van der Waals surface area contributed by atoms with Gasteiger partial charge in [0.2, 0.25) is 0 Å². The van der Waals surface area contributed by atoms with Crippen LogP contribution in [0.4, 0.5) is 0 Å². The fraction of sp³-hybridized carbons (Fsp3) is 0.667. The molecule has 0 saturated heterocycles. The van der Waals surface area contributed by atoms with Crippen LogP contribution in [0.25, 0.3) is 0 Å². The topological polar surface area (TPSA) is 37.3 Å². The third-order valence-corrected chi connectivity index (χ3v) is 1.37. The van der Waals surface area contributed by atoms with Crippen LogP contribution >= 0.6 is 0 Å². The van der Waals surface area contributed by atoms with Crippen molar-refractivity contribution in [2.45, 2.75) is 33.1 Å². The summed E-state index contributed by atoms with van der Waals surface area (Å²) in [5.41, 5.74) is 1.24. The summed E-state index contributed by atoms with van der Waals surface area (Å²) in [5.74, 6) is 0.144. The van der Waals surface area contributed by atoms with E-state index in [9.17, 15) is 4.79 Å². The monoisotopic (exact) mass is 156 g/mol. The van der Waals surface area contributed by atoms with Crippen LogP contribution in [0.3, 0.4) is 0 Å². The van der Waals surface area contributed by atoms with Crippen molar-refractivity contribution in [3.05, 3.63) is 11.6 Å². The van der Waals surface area contributed by atoms with Crippen LogP contribution in [-0.4, -0.2) is 17.5 Å². The van der Waals surface area contributed by atoms with Crippen LogP contribution in [0.15, 0.2) is 11.6 Å².